The van der Waals surface area contributed by atoms with Gasteiger partial charge in [0.15, 0.2) is 0 Å². The summed E-state index contributed by atoms with van der Waals surface area (Å²) in [4.78, 5) is 155. The van der Waals surface area contributed by atoms with E-state index in [-0.39, 0.29) is 63.6 Å². The zero-order chi connectivity index (χ0) is 86.0. The van der Waals surface area contributed by atoms with Crippen molar-refractivity contribution in [3.63, 3.8) is 0 Å². The van der Waals surface area contributed by atoms with E-state index in [0.29, 0.717) is 148 Å². The second kappa shape index (κ2) is 37.9. The number of pyridine rings is 4. The van der Waals surface area contributed by atoms with Gasteiger partial charge < -0.3 is 66.5 Å². The summed E-state index contributed by atoms with van der Waals surface area (Å²) < 4.78 is 21.0. The van der Waals surface area contributed by atoms with E-state index in [9.17, 15) is 63.4 Å². The molecule has 17 rings (SSSR count). The fourth-order valence-corrected chi connectivity index (χ4v) is 19.3. The lowest BCUT2D eigenvalue weighted by Crippen LogP contribution is -2.54. The minimum atomic E-state index is -0.643. The minimum absolute atomic E-state index is 0.0151. The number of nitrogens with zero attached hydrogens (tertiary/aromatic N) is 14. The van der Waals surface area contributed by atoms with Gasteiger partial charge in [-0.1, -0.05) is 109 Å². The Morgan fingerprint density at radius 3 is 1.36 bits per heavy atom. The summed E-state index contributed by atoms with van der Waals surface area (Å²) in [5.41, 5.74) is 5.00. The van der Waals surface area contributed by atoms with Crippen LogP contribution in [0, 0.1) is 20.2 Å². The van der Waals surface area contributed by atoms with Gasteiger partial charge in [0.05, 0.1) is 84.5 Å². The van der Waals surface area contributed by atoms with E-state index in [1.165, 1.54) is 50.2 Å². The third kappa shape index (κ3) is 17.8. The Labute approximate surface area is 713 Å². The van der Waals surface area contributed by atoms with Crippen LogP contribution in [0.5, 0.6) is 0 Å². The van der Waals surface area contributed by atoms with E-state index in [1.54, 1.807) is 90.8 Å². The van der Waals surface area contributed by atoms with Crippen LogP contribution in [0.4, 0.5) is 34.1 Å². The van der Waals surface area contributed by atoms with Crippen molar-refractivity contribution in [2.24, 2.45) is 21.1 Å². The van der Waals surface area contributed by atoms with Crippen molar-refractivity contribution in [3.05, 3.63) is 275 Å². The second-order valence-electron chi connectivity index (χ2n) is 30.2. The molecule has 7 aromatic heterocycles. The van der Waals surface area contributed by atoms with E-state index in [2.05, 4.69) is 21.9 Å². The molecule has 5 aliphatic rings. The maximum absolute atomic E-state index is 13.8. The predicted molar refractivity (Wildman–Crippen MR) is 476 cm³/mol. The second-order valence-corrected chi connectivity index (χ2v) is 33.6. The SMILES string of the molecule is CCOC(=O)c1c(N2CCN(C(=O)[C@@]3(C)CCCS3)CC2)c2ccccc2n(C)c1=O.CCOC(=O)c1c(N2CCN(C(=O)c3cccs3)CC2)c2ccccc2n(Cc2ccsc2)c1=O.Cn1c(=O)c([N+](=O)[O-])c(N2CCN(C(=O)c3ccoc3)CC2)c2ccccc21.Cn1c(=O)c([N+](=O)[O-])c(N2CCN(Cc3ccccc3)CC2)c2ccccc21. The van der Waals surface area contributed by atoms with Crippen LogP contribution in [-0.4, -0.2) is 206 Å². The fourth-order valence-electron chi connectivity index (χ4n) is 16.7. The first-order valence-electron chi connectivity index (χ1n) is 40.5. The van der Waals surface area contributed by atoms with Gasteiger partial charge in [-0.25, -0.2) is 9.59 Å². The van der Waals surface area contributed by atoms with Crippen LogP contribution in [0.25, 0.3) is 43.6 Å². The van der Waals surface area contributed by atoms with Gasteiger partial charge in [0, 0.05) is 154 Å². The molecule has 33 heteroatoms. The van der Waals surface area contributed by atoms with Gasteiger partial charge in [0.1, 0.15) is 28.8 Å². The number of benzene rings is 5. The van der Waals surface area contributed by atoms with Crippen LogP contribution in [-0.2, 0) is 48.5 Å². The number of amides is 3. The number of carbonyl (C=O) groups is 5. The zero-order valence-electron chi connectivity index (χ0n) is 68.6. The molecule has 5 saturated heterocycles. The number of aryl methyl sites for hydroxylation is 3. The molecule has 0 spiro atoms. The number of rotatable bonds is 17. The Bertz CT molecular complexity index is 6140. The molecule has 1 atom stereocenters. The highest BCUT2D eigenvalue weighted by Crippen LogP contribution is 2.41. The van der Waals surface area contributed by atoms with E-state index >= 15 is 0 Å². The Kier molecular flexibility index (Phi) is 26.6. The molecule has 30 nitrogen and oxygen atoms in total. The molecular formula is C89H94N14O16S3. The molecule has 5 aromatic carbocycles. The molecule has 0 saturated carbocycles. The summed E-state index contributed by atoms with van der Waals surface area (Å²) in [6.45, 7) is 15.9. The number of hydrogen-bond acceptors (Lipinski definition) is 24. The van der Waals surface area contributed by atoms with Crippen LogP contribution in [0.3, 0.4) is 0 Å². The maximum Gasteiger partial charge on any atom is 0.357 e. The highest BCUT2D eigenvalue weighted by Gasteiger charge is 2.42. The highest BCUT2D eigenvalue weighted by molar-refractivity contribution is 8.01. The normalized spacial score (nSPS) is 16.2. The number of aromatic nitrogens is 4. The number of esters is 2. The van der Waals surface area contributed by atoms with Gasteiger partial charge in [-0.05, 0) is 109 Å². The lowest BCUT2D eigenvalue weighted by atomic mass is 10.0. The molecule has 12 heterocycles. The Morgan fingerprint density at radius 2 is 0.910 bits per heavy atom. The lowest BCUT2D eigenvalue weighted by Gasteiger charge is -2.40. The largest absolute Gasteiger partial charge is 0.472 e. The standard InChI is InChI=1S/C26H25N3O4S2.C23H29N3O4S.C21H22N4O3.C19H18N4O5/c1-2-33-26(32)22-23(27-10-12-28(13-11-27)24(30)21-8-5-14-35-21)19-6-3-4-7-20(19)29(25(22)31)16-18-9-15-34-17-18;1-4-30-21(28)18-19(16-8-5-6-9-17(16)24(3)20(18)27)25-11-13-26(14-12-25)22(29)23(2)10-7-15-31-23;1-22-18-10-6-5-9-17(18)19(20(21(22)26)25(27)28)24-13-11-23(12-14-24)15-16-7-3-2-4-8-16;1-20-15-5-3-2-4-14(15)16(17(19(20)25)23(26)27)21-7-9-22(10-8-21)18(24)13-6-11-28-12-13/h3-9,14-15,17H,2,10-13,16H2,1H3;5-6,8-9H,4,7,10-15H2,1-3H3;2-10H,11-15H2,1H3;2-6,11-12H,7-10H2,1H3/t;23-;;/m.1../s1. The number of ether oxygens (including phenoxy) is 2. The average Bonchev–Trinajstić information content (AvgIpc) is 0.927. The van der Waals surface area contributed by atoms with E-state index < -0.39 is 38.6 Å². The molecule has 3 amide bonds. The first kappa shape index (κ1) is 85.7. The number of carbonyl (C=O) groups excluding carboxylic acids is 5. The predicted octanol–water partition coefficient (Wildman–Crippen LogP) is 11.7. The van der Waals surface area contributed by atoms with Crippen molar-refractivity contribution in [1.82, 2.24) is 37.9 Å². The number of nitro groups is 2. The molecule has 0 N–H and O–H groups in total. The number of furan rings is 1. The van der Waals surface area contributed by atoms with Gasteiger partial charge in [-0.3, -0.25) is 58.7 Å². The third-order valence-corrected chi connectivity index (χ3v) is 26.0. The number of para-hydroxylation sites is 4. The Balaban J connectivity index is 0.000000133. The third-order valence-electron chi connectivity index (χ3n) is 22.9. The Morgan fingerprint density at radius 1 is 0.467 bits per heavy atom. The van der Waals surface area contributed by atoms with Crippen LogP contribution in [0.2, 0.25) is 0 Å². The van der Waals surface area contributed by atoms with Crippen molar-refractivity contribution in [2.45, 2.75) is 51.4 Å². The molecule has 5 fully saturated rings. The number of fused-ring (bicyclic) bond motifs is 4. The number of hydrogen-bond donors (Lipinski definition) is 0. The van der Waals surface area contributed by atoms with E-state index in [4.69, 9.17) is 13.9 Å². The average molecular weight is 1710 g/mol. The smallest absolute Gasteiger partial charge is 0.357 e. The molecule has 0 radical (unpaired) electrons. The topological polar surface area (TPSA) is 317 Å². The van der Waals surface area contributed by atoms with Crippen LogP contribution in [0.15, 0.2) is 204 Å². The lowest BCUT2D eigenvalue weighted by molar-refractivity contribution is -0.385. The number of piperazine rings is 4. The number of thiophene rings is 2. The number of anilines is 4. The summed E-state index contributed by atoms with van der Waals surface area (Å²) in [6, 6.07) is 47.3. The first-order chi connectivity index (χ1) is 59.0. The molecule has 122 heavy (non-hydrogen) atoms. The first-order valence-corrected chi connectivity index (χ1v) is 43.3. The summed E-state index contributed by atoms with van der Waals surface area (Å²) in [6.07, 6.45) is 4.84. The minimum Gasteiger partial charge on any atom is -0.472 e. The molecule has 0 aliphatic carbocycles. The van der Waals surface area contributed by atoms with E-state index in [0.717, 1.165) is 71.0 Å². The zero-order valence-corrected chi connectivity index (χ0v) is 71.1. The van der Waals surface area contributed by atoms with Crippen LogP contribution in [0.1, 0.15) is 85.5 Å². The maximum atomic E-state index is 13.8. The van der Waals surface area contributed by atoms with Crippen LogP contribution < -0.4 is 41.8 Å². The Hall–Kier alpha value is -12.7. The molecular weight excluding hydrogens is 1620 g/mol. The van der Waals surface area contributed by atoms with Crippen LogP contribution >= 0.6 is 34.4 Å². The monoisotopic (exact) mass is 1710 g/mol. The molecule has 0 bridgehead atoms. The quantitative estimate of drug-likeness (QED) is 0.0464. The van der Waals surface area contributed by atoms with Gasteiger partial charge >= 0.3 is 34.4 Å². The molecule has 12 aromatic rings. The van der Waals surface area contributed by atoms with Crippen molar-refractivity contribution in [3.8, 4) is 0 Å². The van der Waals surface area contributed by atoms with Crippen molar-refractivity contribution < 1.29 is 47.7 Å². The van der Waals surface area contributed by atoms with Crippen molar-refractivity contribution >= 4 is 142 Å². The summed E-state index contributed by atoms with van der Waals surface area (Å²) >= 11 is 4.75. The number of thioether (sulfide) groups is 1. The molecule has 0 unspecified atom stereocenters. The summed E-state index contributed by atoms with van der Waals surface area (Å²) in [7, 11) is 4.79. The molecule has 5 aliphatic heterocycles. The van der Waals surface area contributed by atoms with Gasteiger partial charge in [0.2, 0.25) is 5.91 Å². The summed E-state index contributed by atoms with van der Waals surface area (Å²) in [5, 5.41) is 32.4. The van der Waals surface area contributed by atoms with Crippen molar-refractivity contribution in [2.75, 3.05) is 143 Å². The fraction of sp³-hybridized carbons (Fsp3) is 0.337. The van der Waals surface area contributed by atoms with Gasteiger partial charge in [0.25, 0.3) is 22.9 Å². The van der Waals surface area contributed by atoms with Gasteiger partial charge in [-0.15, -0.1) is 23.1 Å². The molecule has 634 valence electrons. The van der Waals surface area contributed by atoms with E-state index in [1.807, 2.05) is 157 Å². The van der Waals surface area contributed by atoms with Crippen molar-refractivity contribution in [1.29, 1.82) is 0 Å². The highest BCUT2D eigenvalue weighted by atomic mass is 32.2. The summed E-state index contributed by atoms with van der Waals surface area (Å²) in [5.74, 6) is -0.108. The van der Waals surface area contributed by atoms with Gasteiger partial charge in [-0.2, -0.15) is 11.3 Å².